The normalized spacial score (nSPS) is 10.3. The number of ether oxygens (including phenoxy) is 1. The molecule has 0 unspecified atom stereocenters. The van der Waals surface area contributed by atoms with Gasteiger partial charge in [-0.1, -0.05) is 6.92 Å². The average molecular weight is 329 g/mol. The minimum atomic E-state index is -0.615. The Hall–Kier alpha value is -2.89. The number of hydrogen-bond acceptors (Lipinski definition) is 5. The Morgan fingerprint density at radius 2 is 1.79 bits per heavy atom. The van der Waals surface area contributed by atoms with Crippen molar-refractivity contribution in [2.45, 2.75) is 13.3 Å². The van der Waals surface area contributed by atoms with E-state index in [4.69, 9.17) is 9.15 Å². The highest BCUT2D eigenvalue weighted by atomic mass is 16.5. The maximum Gasteiger partial charge on any atom is 0.337 e. The molecule has 6 nitrogen and oxygen atoms in total. The largest absolute Gasteiger partial charge is 0.465 e. The second-order valence-electron chi connectivity index (χ2n) is 5.32. The van der Waals surface area contributed by atoms with Gasteiger partial charge in [-0.05, 0) is 36.8 Å². The lowest BCUT2D eigenvalue weighted by Gasteiger charge is -2.17. The number of furan rings is 1. The molecule has 0 spiro atoms. The standard InChI is InChI=1S/C18H19NO5/c1-4-7-19(2)17(21)13-9-12(10-14(11-13)18(22)23-3)16(20)15-6-5-8-24-15/h5-6,8-11H,4,7H2,1-3H3. The molecule has 2 rings (SSSR count). The Bertz CT molecular complexity index is 749. The van der Waals surface area contributed by atoms with Crippen LogP contribution in [0.15, 0.2) is 41.0 Å². The number of nitrogens with zero attached hydrogens (tertiary/aromatic N) is 1. The molecule has 0 aliphatic heterocycles. The molecule has 1 heterocycles. The molecule has 6 heteroatoms. The topological polar surface area (TPSA) is 76.8 Å². The third-order valence-electron chi connectivity index (χ3n) is 3.51. The van der Waals surface area contributed by atoms with Crippen molar-refractivity contribution < 1.29 is 23.5 Å². The summed E-state index contributed by atoms with van der Waals surface area (Å²) in [7, 11) is 2.92. The molecule has 126 valence electrons. The monoisotopic (exact) mass is 329 g/mol. The molecule has 1 aromatic carbocycles. The SMILES string of the molecule is CCCN(C)C(=O)c1cc(C(=O)OC)cc(C(=O)c2ccco2)c1. The van der Waals surface area contributed by atoms with Gasteiger partial charge in [0.15, 0.2) is 5.76 Å². The predicted molar refractivity (Wildman–Crippen MR) is 87.2 cm³/mol. The minimum absolute atomic E-state index is 0.136. The number of carbonyl (C=O) groups excluding carboxylic acids is 3. The van der Waals surface area contributed by atoms with Gasteiger partial charge in [0.2, 0.25) is 5.78 Å². The molecule has 0 saturated carbocycles. The summed E-state index contributed by atoms with van der Waals surface area (Å²) in [6.07, 6.45) is 2.19. The molecule has 0 aliphatic rings. The van der Waals surface area contributed by atoms with E-state index >= 15 is 0 Å². The lowest BCUT2D eigenvalue weighted by molar-refractivity contribution is 0.0600. The van der Waals surface area contributed by atoms with Gasteiger partial charge in [-0.15, -0.1) is 0 Å². The number of esters is 1. The van der Waals surface area contributed by atoms with Gasteiger partial charge in [0.1, 0.15) is 0 Å². The van der Waals surface area contributed by atoms with E-state index in [1.54, 1.807) is 13.1 Å². The van der Waals surface area contributed by atoms with E-state index in [1.807, 2.05) is 6.92 Å². The third-order valence-corrected chi connectivity index (χ3v) is 3.51. The van der Waals surface area contributed by atoms with E-state index in [9.17, 15) is 14.4 Å². The fraction of sp³-hybridized carbons (Fsp3) is 0.278. The summed E-state index contributed by atoms with van der Waals surface area (Å²) >= 11 is 0. The Balaban J connectivity index is 2.47. The number of rotatable bonds is 6. The van der Waals surface area contributed by atoms with Crippen LogP contribution < -0.4 is 0 Å². The second-order valence-corrected chi connectivity index (χ2v) is 5.32. The van der Waals surface area contributed by atoms with Crippen LogP contribution in [0.3, 0.4) is 0 Å². The number of carbonyl (C=O) groups is 3. The van der Waals surface area contributed by atoms with Crippen LogP contribution in [0.4, 0.5) is 0 Å². The second kappa shape index (κ2) is 7.59. The summed E-state index contributed by atoms with van der Waals surface area (Å²) in [5.74, 6) is -1.15. The van der Waals surface area contributed by atoms with Gasteiger partial charge in [0, 0.05) is 24.7 Å². The maximum atomic E-state index is 12.5. The summed E-state index contributed by atoms with van der Waals surface area (Å²) in [5, 5.41) is 0. The number of hydrogen-bond donors (Lipinski definition) is 0. The molecule has 0 saturated heterocycles. The Labute approximate surface area is 140 Å². The van der Waals surface area contributed by atoms with Crippen molar-refractivity contribution in [2.75, 3.05) is 20.7 Å². The van der Waals surface area contributed by atoms with E-state index in [1.165, 1.54) is 42.5 Å². The predicted octanol–water partition coefficient (Wildman–Crippen LogP) is 2.78. The van der Waals surface area contributed by atoms with Crippen molar-refractivity contribution in [1.29, 1.82) is 0 Å². The van der Waals surface area contributed by atoms with Gasteiger partial charge in [0.25, 0.3) is 5.91 Å². The summed E-state index contributed by atoms with van der Waals surface area (Å²) in [5.41, 5.74) is 0.591. The molecule has 0 fully saturated rings. The molecule has 0 N–H and O–H groups in total. The van der Waals surface area contributed by atoms with E-state index in [-0.39, 0.29) is 28.4 Å². The van der Waals surface area contributed by atoms with Crippen molar-refractivity contribution in [3.8, 4) is 0 Å². The molecule has 0 aliphatic carbocycles. The molecular formula is C18H19NO5. The van der Waals surface area contributed by atoms with E-state index in [2.05, 4.69) is 0 Å². The van der Waals surface area contributed by atoms with Crippen molar-refractivity contribution >= 4 is 17.7 Å². The van der Waals surface area contributed by atoms with Crippen LogP contribution in [0.2, 0.25) is 0 Å². The van der Waals surface area contributed by atoms with Gasteiger partial charge in [-0.25, -0.2) is 4.79 Å². The van der Waals surface area contributed by atoms with Crippen molar-refractivity contribution in [1.82, 2.24) is 4.90 Å². The first-order valence-electron chi connectivity index (χ1n) is 7.55. The van der Waals surface area contributed by atoms with Gasteiger partial charge >= 0.3 is 5.97 Å². The van der Waals surface area contributed by atoms with Gasteiger partial charge in [-0.2, -0.15) is 0 Å². The summed E-state index contributed by atoms with van der Waals surface area (Å²) in [6.45, 7) is 2.53. The Morgan fingerprint density at radius 3 is 2.38 bits per heavy atom. The molecule has 0 radical (unpaired) electrons. The van der Waals surface area contributed by atoms with Crippen LogP contribution in [0.25, 0.3) is 0 Å². The quantitative estimate of drug-likeness (QED) is 0.601. The lowest BCUT2D eigenvalue weighted by Crippen LogP contribution is -2.28. The van der Waals surface area contributed by atoms with E-state index in [0.29, 0.717) is 6.54 Å². The highest BCUT2D eigenvalue weighted by molar-refractivity contribution is 6.10. The zero-order valence-electron chi connectivity index (χ0n) is 13.9. The van der Waals surface area contributed by atoms with Crippen LogP contribution in [0.5, 0.6) is 0 Å². The van der Waals surface area contributed by atoms with Crippen LogP contribution >= 0.6 is 0 Å². The van der Waals surface area contributed by atoms with Crippen molar-refractivity contribution in [2.24, 2.45) is 0 Å². The maximum absolute atomic E-state index is 12.5. The minimum Gasteiger partial charge on any atom is -0.465 e. The fourth-order valence-electron chi connectivity index (χ4n) is 2.33. The molecule has 1 aromatic heterocycles. The number of amides is 1. The van der Waals surface area contributed by atoms with Gasteiger partial charge in [0.05, 0.1) is 18.9 Å². The first-order valence-corrected chi connectivity index (χ1v) is 7.55. The van der Waals surface area contributed by atoms with Gasteiger partial charge < -0.3 is 14.1 Å². The third kappa shape index (κ3) is 3.71. The van der Waals surface area contributed by atoms with Crippen LogP contribution in [0, 0.1) is 0 Å². The average Bonchev–Trinajstić information content (AvgIpc) is 3.14. The fourth-order valence-corrected chi connectivity index (χ4v) is 2.33. The van der Waals surface area contributed by atoms with Crippen molar-refractivity contribution in [3.05, 3.63) is 59.0 Å². The van der Waals surface area contributed by atoms with Crippen LogP contribution in [0.1, 0.15) is 50.2 Å². The first-order chi connectivity index (χ1) is 11.5. The molecule has 0 bridgehead atoms. The molecule has 24 heavy (non-hydrogen) atoms. The summed E-state index contributed by atoms with van der Waals surface area (Å²) in [4.78, 5) is 38.4. The molecule has 2 aromatic rings. The summed E-state index contributed by atoms with van der Waals surface area (Å²) in [6, 6.07) is 7.41. The zero-order chi connectivity index (χ0) is 17.7. The van der Waals surface area contributed by atoms with Crippen molar-refractivity contribution in [3.63, 3.8) is 0 Å². The van der Waals surface area contributed by atoms with Crippen LogP contribution in [-0.4, -0.2) is 43.3 Å². The van der Waals surface area contributed by atoms with Crippen LogP contribution in [-0.2, 0) is 4.74 Å². The van der Waals surface area contributed by atoms with E-state index in [0.717, 1.165) is 6.42 Å². The number of ketones is 1. The number of benzene rings is 1. The van der Waals surface area contributed by atoms with Gasteiger partial charge in [-0.3, -0.25) is 9.59 Å². The van der Waals surface area contributed by atoms with E-state index < -0.39 is 11.8 Å². The first kappa shape index (κ1) is 17.5. The molecule has 0 atom stereocenters. The highest BCUT2D eigenvalue weighted by Crippen LogP contribution is 2.17. The number of methoxy groups -OCH3 is 1. The highest BCUT2D eigenvalue weighted by Gasteiger charge is 2.20. The Kier molecular flexibility index (Phi) is 5.52. The zero-order valence-corrected chi connectivity index (χ0v) is 13.9. The smallest absolute Gasteiger partial charge is 0.337 e. The summed E-state index contributed by atoms with van der Waals surface area (Å²) < 4.78 is 9.81. The molecular weight excluding hydrogens is 310 g/mol. The molecule has 1 amide bonds. The Morgan fingerprint density at radius 1 is 1.12 bits per heavy atom. The lowest BCUT2D eigenvalue weighted by atomic mass is 10.0.